The van der Waals surface area contributed by atoms with Crippen LogP contribution in [0.25, 0.3) is 10.9 Å². The van der Waals surface area contributed by atoms with Gasteiger partial charge in [-0.2, -0.15) is 0 Å². The second-order valence-electron chi connectivity index (χ2n) is 6.43. The van der Waals surface area contributed by atoms with Gasteiger partial charge in [0, 0.05) is 29.2 Å². The van der Waals surface area contributed by atoms with Crippen LogP contribution in [0.5, 0.6) is 0 Å². The zero-order valence-corrected chi connectivity index (χ0v) is 13.0. The third-order valence-electron chi connectivity index (χ3n) is 4.97. The topological polar surface area (TPSA) is 19.0 Å². The second kappa shape index (κ2) is 5.62. The Kier molecular flexibility index (Phi) is 3.47. The lowest BCUT2D eigenvalue weighted by Crippen LogP contribution is -2.35. The molecule has 0 amide bonds. The predicted octanol–water partition coefficient (Wildman–Crippen LogP) is 4.16. The van der Waals surface area contributed by atoms with Crippen LogP contribution < -0.4 is 0 Å². The molecular weight excluding hydrogens is 268 g/mol. The van der Waals surface area contributed by atoms with Gasteiger partial charge in [-0.1, -0.05) is 48.5 Å². The molecule has 0 fully saturated rings. The van der Waals surface area contributed by atoms with Crippen molar-refractivity contribution in [3.8, 4) is 0 Å². The monoisotopic (exact) mass is 290 g/mol. The third kappa shape index (κ3) is 2.44. The van der Waals surface area contributed by atoms with Crippen LogP contribution in [0.3, 0.4) is 0 Å². The van der Waals surface area contributed by atoms with Gasteiger partial charge in [-0.05, 0) is 43.5 Å². The zero-order valence-electron chi connectivity index (χ0n) is 13.0. The number of para-hydroxylation sites is 1. The number of hydrogen-bond acceptors (Lipinski definition) is 1. The molecule has 1 heterocycles. The summed E-state index contributed by atoms with van der Waals surface area (Å²) < 4.78 is 0. The minimum absolute atomic E-state index is 0.631. The standard InChI is InChI=1S/C20H22N2/c1-22(14-15-7-3-2-4-8-15)16-11-12-20-18(13-16)17-9-5-6-10-19(17)21-20/h2-10,16,21H,11-14H2,1H3. The molecule has 1 aliphatic rings. The molecule has 1 atom stereocenters. The summed E-state index contributed by atoms with van der Waals surface area (Å²) in [6, 6.07) is 20.1. The molecule has 22 heavy (non-hydrogen) atoms. The summed E-state index contributed by atoms with van der Waals surface area (Å²) in [5, 5.41) is 1.41. The highest BCUT2D eigenvalue weighted by atomic mass is 15.1. The maximum absolute atomic E-state index is 3.61. The maximum atomic E-state index is 3.61. The minimum atomic E-state index is 0.631. The van der Waals surface area contributed by atoms with Gasteiger partial charge in [0.2, 0.25) is 0 Å². The van der Waals surface area contributed by atoms with Gasteiger partial charge in [-0.15, -0.1) is 0 Å². The van der Waals surface area contributed by atoms with E-state index in [1.165, 1.54) is 34.1 Å². The van der Waals surface area contributed by atoms with Gasteiger partial charge in [0.15, 0.2) is 0 Å². The number of H-pyrrole nitrogens is 1. The number of likely N-dealkylation sites (N-methyl/N-ethyl adjacent to an activating group) is 1. The van der Waals surface area contributed by atoms with E-state index in [2.05, 4.69) is 71.5 Å². The van der Waals surface area contributed by atoms with E-state index in [4.69, 9.17) is 0 Å². The molecule has 1 unspecified atom stereocenters. The second-order valence-corrected chi connectivity index (χ2v) is 6.43. The Balaban J connectivity index is 1.56. The summed E-state index contributed by atoms with van der Waals surface area (Å²) in [7, 11) is 2.26. The number of aromatic amines is 1. The van der Waals surface area contributed by atoms with Crippen LogP contribution >= 0.6 is 0 Å². The zero-order chi connectivity index (χ0) is 14.9. The highest BCUT2D eigenvalue weighted by Crippen LogP contribution is 2.30. The Labute approximate surface area is 131 Å². The van der Waals surface area contributed by atoms with Crippen molar-refractivity contribution in [2.45, 2.75) is 31.8 Å². The highest BCUT2D eigenvalue weighted by molar-refractivity contribution is 5.84. The largest absolute Gasteiger partial charge is 0.358 e. The predicted molar refractivity (Wildman–Crippen MR) is 92.0 cm³/mol. The number of benzene rings is 2. The van der Waals surface area contributed by atoms with Crippen LogP contribution in [-0.4, -0.2) is 23.0 Å². The van der Waals surface area contributed by atoms with E-state index in [-0.39, 0.29) is 0 Å². The molecule has 1 N–H and O–H groups in total. The van der Waals surface area contributed by atoms with Gasteiger partial charge in [0.05, 0.1) is 0 Å². The average Bonchev–Trinajstić information content (AvgIpc) is 2.93. The third-order valence-corrected chi connectivity index (χ3v) is 4.97. The van der Waals surface area contributed by atoms with Crippen molar-refractivity contribution < 1.29 is 0 Å². The van der Waals surface area contributed by atoms with Crippen molar-refractivity contribution in [2.24, 2.45) is 0 Å². The molecule has 0 bridgehead atoms. The summed E-state index contributed by atoms with van der Waals surface area (Å²) >= 11 is 0. The van der Waals surface area contributed by atoms with Crippen LogP contribution in [0.1, 0.15) is 23.2 Å². The first-order valence-electron chi connectivity index (χ1n) is 8.14. The molecule has 3 aromatic rings. The molecule has 0 aliphatic heterocycles. The lowest BCUT2D eigenvalue weighted by molar-refractivity contribution is 0.214. The molecule has 0 radical (unpaired) electrons. The Morgan fingerprint density at radius 2 is 1.82 bits per heavy atom. The van der Waals surface area contributed by atoms with E-state index in [0.29, 0.717) is 6.04 Å². The maximum Gasteiger partial charge on any atom is 0.0458 e. The van der Waals surface area contributed by atoms with E-state index >= 15 is 0 Å². The van der Waals surface area contributed by atoms with Gasteiger partial charge < -0.3 is 4.98 Å². The average molecular weight is 290 g/mol. The number of aryl methyl sites for hydroxylation is 1. The van der Waals surface area contributed by atoms with Crippen LogP contribution in [-0.2, 0) is 19.4 Å². The minimum Gasteiger partial charge on any atom is -0.358 e. The normalized spacial score (nSPS) is 17.8. The Morgan fingerprint density at radius 3 is 2.68 bits per heavy atom. The van der Waals surface area contributed by atoms with Crippen molar-refractivity contribution in [1.82, 2.24) is 9.88 Å². The van der Waals surface area contributed by atoms with Crippen LogP contribution in [0.2, 0.25) is 0 Å². The molecule has 0 spiro atoms. The number of rotatable bonds is 3. The summed E-state index contributed by atoms with van der Waals surface area (Å²) in [6.45, 7) is 1.03. The quantitative estimate of drug-likeness (QED) is 0.767. The van der Waals surface area contributed by atoms with Crippen molar-refractivity contribution >= 4 is 10.9 Å². The van der Waals surface area contributed by atoms with Crippen LogP contribution in [0.15, 0.2) is 54.6 Å². The van der Waals surface area contributed by atoms with Crippen LogP contribution in [0, 0.1) is 0 Å². The van der Waals surface area contributed by atoms with E-state index in [1.54, 1.807) is 0 Å². The Hall–Kier alpha value is -2.06. The van der Waals surface area contributed by atoms with Gasteiger partial charge in [-0.25, -0.2) is 0 Å². The molecule has 2 heteroatoms. The fourth-order valence-corrected chi connectivity index (χ4v) is 3.73. The highest BCUT2D eigenvalue weighted by Gasteiger charge is 2.24. The van der Waals surface area contributed by atoms with Crippen LogP contribution in [0.4, 0.5) is 0 Å². The number of nitrogens with zero attached hydrogens (tertiary/aromatic N) is 1. The van der Waals surface area contributed by atoms with Crippen molar-refractivity contribution in [1.29, 1.82) is 0 Å². The lowest BCUT2D eigenvalue weighted by Gasteiger charge is -2.31. The number of nitrogens with one attached hydrogen (secondary N) is 1. The molecule has 0 saturated carbocycles. The first-order chi connectivity index (χ1) is 10.8. The molecule has 2 aromatic carbocycles. The van der Waals surface area contributed by atoms with Gasteiger partial charge in [0.25, 0.3) is 0 Å². The van der Waals surface area contributed by atoms with Crippen molar-refractivity contribution in [3.63, 3.8) is 0 Å². The number of aromatic nitrogens is 1. The molecule has 4 rings (SSSR count). The SMILES string of the molecule is CN(Cc1ccccc1)C1CCc2[nH]c3ccccc3c2C1. The Morgan fingerprint density at radius 1 is 1.05 bits per heavy atom. The molecule has 2 nitrogen and oxygen atoms in total. The number of fused-ring (bicyclic) bond motifs is 3. The molecular formula is C20H22N2. The Bertz CT molecular complexity index is 773. The smallest absolute Gasteiger partial charge is 0.0458 e. The molecule has 1 aromatic heterocycles. The summed E-state index contributed by atoms with van der Waals surface area (Å²) in [4.78, 5) is 6.12. The van der Waals surface area contributed by atoms with Crippen molar-refractivity contribution in [3.05, 3.63) is 71.4 Å². The van der Waals surface area contributed by atoms with E-state index in [9.17, 15) is 0 Å². The van der Waals surface area contributed by atoms with E-state index in [0.717, 1.165) is 19.4 Å². The summed E-state index contributed by atoms with van der Waals surface area (Å²) in [5.74, 6) is 0. The van der Waals surface area contributed by atoms with E-state index in [1.807, 2.05) is 0 Å². The lowest BCUT2D eigenvalue weighted by atomic mass is 9.90. The summed E-state index contributed by atoms with van der Waals surface area (Å²) in [5.41, 5.74) is 5.67. The summed E-state index contributed by atoms with van der Waals surface area (Å²) in [6.07, 6.45) is 3.56. The fourth-order valence-electron chi connectivity index (χ4n) is 3.73. The molecule has 112 valence electrons. The first kappa shape index (κ1) is 13.6. The fraction of sp³-hybridized carbons (Fsp3) is 0.300. The molecule has 0 saturated heterocycles. The number of hydrogen-bond donors (Lipinski definition) is 1. The van der Waals surface area contributed by atoms with Crippen molar-refractivity contribution in [2.75, 3.05) is 7.05 Å². The van der Waals surface area contributed by atoms with E-state index < -0.39 is 0 Å². The van der Waals surface area contributed by atoms with Gasteiger partial charge in [0.1, 0.15) is 0 Å². The first-order valence-corrected chi connectivity index (χ1v) is 8.14. The van der Waals surface area contributed by atoms with Gasteiger partial charge >= 0.3 is 0 Å². The van der Waals surface area contributed by atoms with Gasteiger partial charge in [-0.3, -0.25) is 4.90 Å². The molecule has 1 aliphatic carbocycles.